The summed E-state index contributed by atoms with van der Waals surface area (Å²) in [5, 5.41) is 0. The Morgan fingerprint density at radius 2 is 1.85 bits per heavy atom. The molecule has 0 aromatic heterocycles. The van der Waals surface area contributed by atoms with E-state index in [4.69, 9.17) is 0 Å². The molecule has 0 spiro atoms. The summed E-state index contributed by atoms with van der Waals surface area (Å²) in [7, 11) is 0. The van der Waals surface area contributed by atoms with Gasteiger partial charge in [-0.2, -0.15) is 0 Å². The molecule has 1 rings (SSSR count). The highest BCUT2D eigenvalue weighted by Gasteiger charge is 2.24. The first-order valence-electron chi connectivity index (χ1n) is 3.53. The zero-order chi connectivity index (χ0) is 10.1. The van der Waals surface area contributed by atoms with E-state index >= 15 is 0 Å². The SMILES string of the molecule is Fc1ccc(Br)c(C[B-](F)(F)F)c1. The maximum Gasteiger partial charge on any atom is 0.482 e. The molecule has 72 valence electrons. The van der Waals surface area contributed by atoms with Gasteiger partial charge in [-0.1, -0.05) is 27.8 Å². The van der Waals surface area contributed by atoms with Gasteiger partial charge < -0.3 is 12.9 Å². The molecule has 0 N–H and O–H groups in total. The van der Waals surface area contributed by atoms with Crippen LogP contribution in [-0.2, 0) is 6.32 Å². The molecular formula is C7H5BBrF4-. The van der Waals surface area contributed by atoms with Gasteiger partial charge in [-0.3, -0.25) is 0 Å². The Balaban J connectivity index is 2.94. The molecule has 0 aliphatic carbocycles. The fraction of sp³-hybridized carbons (Fsp3) is 0.143. The highest BCUT2D eigenvalue weighted by Crippen LogP contribution is 2.23. The van der Waals surface area contributed by atoms with E-state index in [0.29, 0.717) is 0 Å². The Morgan fingerprint density at radius 1 is 1.23 bits per heavy atom. The van der Waals surface area contributed by atoms with E-state index in [0.717, 1.165) is 12.1 Å². The minimum absolute atomic E-state index is 0.0625. The Kier molecular flexibility index (Phi) is 3.00. The third-order valence-corrected chi connectivity index (χ3v) is 2.23. The van der Waals surface area contributed by atoms with Gasteiger partial charge in [0, 0.05) is 4.47 Å². The van der Waals surface area contributed by atoms with E-state index in [1.807, 2.05) is 0 Å². The summed E-state index contributed by atoms with van der Waals surface area (Å²) in [6.45, 7) is -4.91. The third kappa shape index (κ3) is 3.38. The molecule has 0 fully saturated rings. The Labute approximate surface area is 81.1 Å². The predicted octanol–water partition coefficient (Wildman–Crippen LogP) is 3.52. The topological polar surface area (TPSA) is 0 Å². The molecule has 6 heteroatoms. The van der Waals surface area contributed by atoms with Crippen LogP contribution in [0.5, 0.6) is 0 Å². The zero-order valence-electron chi connectivity index (χ0n) is 6.41. The largest absolute Gasteiger partial charge is 0.482 e. The minimum atomic E-state index is -4.91. The van der Waals surface area contributed by atoms with Gasteiger partial charge in [0.15, 0.2) is 0 Å². The summed E-state index contributed by atoms with van der Waals surface area (Å²) in [6, 6.07) is 3.27. The van der Waals surface area contributed by atoms with Gasteiger partial charge >= 0.3 is 6.98 Å². The fourth-order valence-corrected chi connectivity index (χ4v) is 1.36. The van der Waals surface area contributed by atoms with Crippen LogP contribution in [0.3, 0.4) is 0 Å². The van der Waals surface area contributed by atoms with Crippen LogP contribution < -0.4 is 0 Å². The van der Waals surface area contributed by atoms with Crippen molar-refractivity contribution in [3.8, 4) is 0 Å². The summed E-state index contributed by atoms with van der Waals surface area (Å²) in [6.07, 6.45) is -1.06. The molecule has 13 heavy (non-hydrogen) atoms. The van der Waals surface area contributed by atoms with Crippen molar-refractivity contribution < 1.29 is 17.3 Å². The van der Waals surface area contributed by atoms with Gasteiger partial charge in [0.05, 0.1) is 0 Å². The Hall–Kier alpha value is -0.515. The Morgan fingerprint density at radius 3 is 2.38 bits per heavy atom. The van der Waals surface area contributed by atoms with Gasteiger partial charge in [-0.15, -0.1) is 0 Å². The number of rotatable bonds is 2. The van der Waals surface area contributed by atoms with Crippen molar-refractivity contribution in [1.29, 1.82) is 0 Å². The molecule has 0 nitrogen and oxygen atoms in total. The van der Waals surface area contributed by atoms with Crippen LogP contribution in [0.15, 0.2) is 22.7 Å². The molecule has 0 bridgehead atoms. The van der Waals surface area contributed by atoms with Crippen LogP contribution in [-0.4, -0.2) is 6.98 Å². The number of hydrogen-bond acceptors (Lipinski definition) is 0. The first kappa shape index (κ1) is 10.6. The minimum Gasteiger partial charge on any atom is -0.449 e. The zero-order valence-corrected chi connectivity index (χ0v) is 7.99. The third-order valence-electron chi connectivity index (χ3n) is 1.46. The van der Waals surface area contributed by atoms with Gasteiger partial charge in [0.25, 0.3) is 0 Å². The molecule has 1 aromatic rings. The average Bonchev–Trinajstić information content (AvgIpc) is 1.94. The van der Waals surface area contributed by atoms with E-state index in [1.165, 1.54) is 6.07 Å². The first-order chi connectivity index (χ1) is 5.88. The molecule has 0 aliphatic rings. The smallest absolute Gasteiger partial charge is 0.449 e. The van der Waals surface area contributed by atoms with Crippen LogP contribution in [0.2, 0.25) is 0 Å². The van der Waals surface area contributed by atoms with Crippen LogP contribution in [0.4, 0.5) is 17.3 Å². The van der Waals surface area contributed by atoms with Crippen LogP contribution in [0.25, 0.3) is 0 Å². The fourth-order valence-electron chi connectivity index (χ4n) is 0.949. The summed E-state index contributed by atoms with van der Waals surface area (Å²) < 4.78 is 48.7. The van der Waals surface area contributed by atoms with Crippen molar-refractivity contribution >= 4 is 22.9 Å². The lowest BCUT2D eigenvalue weighted by Crippen LogP contribution is -2.19. The molecule has 0 radical (unpaired) electrons. The molecule has 0 aliphatic heterocycles. The van der Waals surface area contributed by atoms with Gasteiger partial charge in [0.1, 0.15) is 5.82 Å². The van der Waals surface area contributed by atoms with Crippen molar-refractivity contribution in [2.75, 3.05) is 0 Å². The molecule has 0 amide bonds. The summed E-state index contributed by atoms with van der Waals surface area (Å²) in [4.78, 5) is 0. The molecule has 0 unspecified atom stereocenters. The van der Waals surface area contributed by atoms with E-state index in [9.17, 15) is 17.3 Å². The molecule has 0 atom stereocenters. The Bertz CT molecular complexity index is 310. The monoisotopic (exact) mass is 255 g/mol. The molecule has 0 saturated heterocycles. The standard InChI is InChI=1S/C7H5BBrF4/c9-7-2-1-6(10)3-5(7)4-8(11,12)13/h1-3H,4H2/q-1. The summed E-state index contributed by atoms with van der Waals surface area (Å²) >= 11 is 2.93. The first-order valence-corrected chi connectivity index (χ1v) is 4.33. The van der Waals surface area contributed by atoms with Gasteiger partial charge in [-0.25, -0.2) is 4.39 Å². The van der Waals surface area contributed by atoms with E-state index < -0.39 is 19.1 Å². The van der Waals surface area contributed by atoms with Crippen LogP contribution in [0, 0.1) is 5.82 Å². The average molecular weight is 256 g/mol. The van der Waals surface area contributed by atoms with E-state index in [1.54, 1.807) is 0 Å². The quantitative estimate of drug-likeness (QED) is 0.560. The van der Waals surface area contributed by atoms with E-state index in [-0.39, 0.29) is 10.0 Å². The van der Waals surface area contributed by atoms with E-state index in [2.05, 4.69) is 15.9 Å². The number of benzene rings is 1. The molecule has 0 saturated carbocycles. The van der Waals surface area contributed by atoms with Crippen molar-refractivity contribution in [2.24, 2.45) is 0 Å². The molecule has 0 heterocycles. The lowest BCUT2D eigenvalue weighted by molar-refractivity contribution is 0.468. The summed E-state index contributed by atoms with van der Waals surface area (Å²) in [5.41, 5.74) is -0.0625. The van der Waals surface area contributed by atoms with Crippen molar-refractivity contribution in [3.63, 3.8) is 0 Å². The predicted molar refractivity (Wildman–Crippen MR) is 46.9 cm³/mol. The second kappa shape index (κ2) is 3.70. The highest BCUT2D eigenvalue weighted by molar-refractivity contribution is 9.10. The second-order valence-corrected chi connectivity index (χ2v) is 3.50. The second-order valence-electron chi connectivity index (χ2n) is 2.65. The maximum atomic E-state index is 12.5. The van der Waals surface area contributed by atoms with Crippen molar-refractivity contribution in [2.45, 2.75) is 6.32 Å². The number of halogens is 5. The number of hydrogen-bond donors (Lipinski definition) is 0. The lowest BCUT2D eigenvalue weighted by atomic mass is 9.82. The van der Waals surface area contributed by atoms with Crippen molar-refractivity contribution in [1.82, 2.24) is 0 Å². The molecular weight excluding hydrogens is 251 g/mol. The van der Waals surface area contributed by atoms with Gasteiger partial charge in [0.2, 0.25) is 0 Å². The summed E-state index contributed by atoms with van der Waals surface area (Å²) in [5.74, 6) is -0.654. The van der Waals surface area contributed by atoms with Crippen LogP contribution in [0.1, 0.15) is 5.56 Å². The maximum absolute atomic E-state index is 12.5. The molecule has 1 aromatic carbocycles. The van der Waals surface area contributed by atoms with Gasteiger partial charge in [-0.05, 0) is 18.2 Å². The van der Waals surface area contributed by atoms with Crippen molar-refractivity contribution in [3.05, 3.63) is 34.1 Å². The highest BCUT2D eigenvalue weighted by atomic mass is 79.9. The van der Waals surface area contributed by atoms with Crippen LogP contribution >= 0.6 is 15.9 Å². The normalized spacial score (nSPS) is 11.8. The lowest BCUT2D eigenvalue weighted by Gasteiger charge is -2.14.